The molecule has 5 heteroatoms. The summed E-state index contributed by atoms with van der Waals surface area (Å²) in [5.41, 5.74) is 2.44. The number of amides is 2. The molecule has 2 amide bonds. The predicted molar refractivity (Wildman–Crippen MR) is 97.7 cm³/mol. The minimum Gasteiger partial charge on any atom is -0.316 e. The Morgan fingerprint density at radius 1 is 1.00 bits per heavy atom. The van der Waals surface area contributed by atoms with Crippen LogP contribution in [0.15, 0.2) is 59.5 Å². The van der Waals surface area contributed by atoms with Gasteiger partial charge in [-0.05, 0) is 30.2 Å². The van der Waals surface area contributed by atoms with Crippen LogP contribution in [0, 0.1) is 0 Å². The third-order valence-corrected chi connectivity index (χ3v) is 3.96. The smallest absolute Gasteiger partial charge is 0.316 e. The Balaban J connectivity index is 1.85. The average molecular weight is 321 g/mol. The zero-order chi connectivity index (χ0) is 17.1. The SMILES string of the molecule is CCc1ccc(NC(=O)Nc2cn(C)c(=O)c3ccccc23)cc1. The number of pyridine rings is 1. The Morgan fingerprint density at radius 3 is 2.33 bits per heavy atom. The van der Waals surface area contributed by atoms with E-state index in [1.165, 1.54) is 10.1 Å². The van der Waals surface area contributed by atoms with Crippen LogP contribution in [-0.4, -0.2) is 10.6 Å². The molecular formula is C19H19N3O2. The van der Waals surface area contributed by atoms with Gasteiger partial charge in [0.05, 0.1) is 5.69 Å². The van der Waals surface area contributed by atoms with E-state index in [1.54, 1.807) is 19.3 Å². The van der Waals surface area contributed by atoms with E-state index in [9.17, 15) is 9.59 Å². The van der Waals surface area contributed by atoms with Crippen LogP contribution in [0.2, 0.25) is 0 Å². The van der Waals surface area contributed by atoms with Crippen molar-refractivity contribution in [2.24, 2.45) is 7.05 Å². The molecule has 1 heterocycles. The highest BCUT2D eigenvalue weighted by Crippen LogP contribution is 2.20. The van der Waals surface area contributed by atoms with Crippen LogP contribution in [0.5, 0.6) is 0 Å². The molecule has 2 aromatic carbocycles. The summed E-state index contributed by atoms with van der Waals surface area (Å²) in [5.74, 6) is 0. The molecule has 0 aliphatic rings. The lowest BCUT2D eigenvalue weighted by Crippen LogP contribution is -2.22. The third-order valence-electron chi connectivity index (χ3n) is 3.96. The van der Waals surface area contributed by atoms with Crippen molar-refractivity contribution in [3.63, 3.8) is 0 Å². The highest BCUT2D eigenvalue weighted by molar-refractivity contribution is 6.05. The first-order valence-electron chi connectivity index (χ1n) is 7.84. The largest absolute Gasteiger partial charge is 0.323 e. The van der Waals surface area contributed by atoms with Crippen molar-refractivity contribution < 1.29 is 4.79 Å². The summed E-state index contributed by atoms with van der Waals surface area (Å²) in [5, 5.41) is 6.92. The number of carbonyl (C=O) groups is 1. The fraction of sp³-hybridized carbons (Fsp3) is 0.158. The van der Waals surface area contributed by atoms with E-state index in [0.717, 1.165) is 17.5 Å². The number of rotatable bonds is 3. The number of fused-ring (bicyclic) bond motifs is 1. The molecule has 0 saturated carbocycles. The van der Waals surface area contributed by atoms with Gasteiger partial charge in [0.2, 0.25) is 0 Å². The van der Waals surface area contributed by atoms with Gasteiger partial charge in [-0.25, -0.2) is 4.79 Å². The lowest BCUT2D eigenvalue weighted by Gasteiger charge is -2.12. The molecule has 0 saturated heterocycles. The molecule has 0 aliphatic carbocycles. The maximum atomic E-state index is 12.3. The molecule has 0 unspecified atom stereocenters. The van der Waals surface area contributed by atoms with Crippen LogP contribution in [0.3, 0.4) is 0 Å². The van der Waals surface area contributed by atoms with Crippen LogP contribution in [0.25, 0.3) is 10.8 Å². The van der Waals surface area contributed by atoms with Crippen LogP contribution in [0.1, 0.15) is 12.5 Å². The number of nitrogens with one attached hydrogen (secondary N) is 2. The second-order valence-corrected chi connectivity index (χ2v) is 5.63. The van der Waals surface area contributed by atoms with E-state index >= 15 is 0 Å². The summed E-state index contributed by atoms with van der Waals surface area (Å²) >= 11 is 0. The molecular weight excluding hydrogens is 302 g/mol. The van der Waals surface area contributed by atoms with Crippen LogP contribution >= 0.6 is 0 Å². The molecule has 3 rings (SSSR count). The highest BCUT2D eigenvalue weighted by atomic mass is 16.2. The van der Waals surface area contributed by atoms with Crippen molar-refractivity contribution in [3.05, 3.63) is 70.6 Å². The molecule has 0 fully saturated rings. The lowest BCUT2D eigenvalue weighted by molar-refractivity contribution is 0.262. The summed E-state index contributed by atoms with van der Waals surface area (Å²) in [7, 11) is 1.67. The second kappa shape index (κ2) is 6.58. The monoisotopic (exact) mass is 321 g/mol. The molecule has 0 atom stereocenters. The molecule has 122 valence electrons. The van der Waals surface area contributed by atoms with E-state index in [0.29, 0.717) is 11.1 Å². The Morgan fingerprint density at radius 2 is 1.67 bits per heavy atom. The number of hydrogen-bond acceptors (Lipinski definition) is 2. The van der Waals surface area contributed by atoms with Crippen molar-refractivity contribution in [3.8, 4) is 0 Å². The van der Waals surface area contributed by atoms with E-state index in [-0.39, 0.29) is 11.6 Å². The van der Waals surface area contributed by atoms with E-state index < -0.39 is 0 Å². The fourth-order valence-corrected chi connectivity index (χ4v) is 2.62. The van der Waals surface area contributed by atoms with Crippen LogP contribution in [0.4, 0.5) is 16.2 Å². The lowest BCUT2D eigenvalue weighted by atomic mass is 10.1. The summed E-state index contributed by atoms with van der Waals surface area (Å²) in [4.78, 5) is 24.4. The van der Waals surface area contributed by atoms with Crippen molar-refractivity contribution in [2.45, 2.75) is 13.3 Å². The number of anilines is 2. The van der Waals surface area contributed by atoms with Gasteiger partial charge in [-0.1, -0.05) is 37.3 Å². The Kier molecular flexibility index (Phi) is 4.33. The molecule has 24 heavy (non-hydrogen) atoms. The second-order valence-electron chi connectivity index (χ2n) is 5.63. The van der Waals surface area contributed by atoms with Crippen molar-refractivity contribution in [1.29, 1.82) is 0 Å². The summed E-state index contributed by atoms with van der Waals surface area (Å²) in [6.45, 7) is 2.08. The van der Waals surface area contributed by atoms with Crippen molar-refractivity contribution in [2.75, 3.05) is 10.6 Å². The number of carbonyl (C=O) groups excluding carboxylic acids is 1. The third kappa shape index (κ3) is 3.15. The minimum atomic E-state index is -0.344. The van der Waals surface area contributed by atoms with Gasteiger partial charge in [0.1, 0.15) is 0 Å². The fourth-order valence-electron chi connectivity index (χ4n) is 2.62. The molecule has 5 nitrogen and oxygen atoms in total. The molecule has 0 bridgehead atoms. The topological polar surface area (TPSA) is 63.1 Å². The minimum absolute atomic E-state index is 0.0910. The maximum absolute atomic E-state index is 12.3. The normalized spacial score (nSPS) is 10.6. The molecule has 1 aromatic heterocycles. The Bertz CT molecular complexity index is 943. The Hall–Kier alpha value is -3.08. The van der Waals surface area contributed by atoms with Gasteiger partial charge in [0.25, 0.3) is 5.56 Å². The first kappa shape index (κ1) is 15.8. The van der Waals surface area contributed by atoms with E-state index in [2.05, 4.69) is 17.6 Å². The molecule has 0 spiro atoms. The van der Waals surface area contributed by atoms with Crippen LogP contribution in [-0.2, 0) is 13.5 Å². The number of aromatic nitrogens is 1. The van der Waals surface area contributed by atoms with Gasteiger partial charge in [-0.15, -0.1) is 0 Å². The number of hydrogen-bond donors (Lipinski definition) is 2. The van der Waals surface area contributed by atoms with Gasteiger partial charge in [-0.3, -0.25) is 4.79 Å². The summed E-state index contributed by atoms with van der Waals surface area (Å²) in [6.07, 6.45) is 2.58. The first-order valence-corrected chi connectivity index (χ1v) is 7.84. The standard InChI is InChI=1S/C19H19N3O2/c1-3-13-8-10-14(11-9-13)20-19(24)21-17-12-22(2)18(23)16-7-5-4-6-15(16)17/h4-12H,3H2,1-2H3,(H2,20,21,24). The zero-order valence-electron chi connectivity index (χ0n) is 13.7. The first-order chi connectivity index (χ1) is 11.6. The van der Waals surface area contributed by atoms with Gasteiger partial charge >= 0.3 is 6.03 Å². The number of aryl methyl sites for hydroxylation is 2. The molecule has 2 N–H and O–H groups in total. The molecule has 0 radical (unpaired) electrons. The zero-order valence-corrected chi connectivity index (χ0v) is 13.7. The Labute approximate surface area is 139 Å². The van der Waals surface area contributed by atoms with Gasteiger partial charge in [-0.2, -0.15) is 0 Å². The van der Waals surface area contributed by atoms with Gasteiger partial charge in [0, 0.05) is 29.7 Å². The number of urea groups is 1. The quantitative estimate of drug-likeness (QED) is 0.772. The van der Waals surface area contributed by atoms with E-state index in [4.69, 9.17) is 0 Å². The number of nitrogens with zero attached hydrogens (tertiary/aromatic N) is 1. The van der Waals surface area contributed by atoms with Crippen molar-refractivity contribution >= 4 is 28.2 Å². The van der Waals surface area contributed by atoms with E-state index in [1.807, 2.05) is 42.5 Å². The molecule has 0 aliphatic heterocycles. The summed E-state index contributed by atoms with van der Waals surface area (Å²) < 4.78 is 1.47. The maximum Gasteiger partial charge on any atom is 0.323 e. The highest BCUT2D eigenvalue weighted by Gasteiger charge is 2.09. The number of benzene rings is 2. The predicted octanol–water partition coefficient (Wildman–Crippen LogP) is 3.74. The van der Waals surface area contributed by atoms with Crippen LogP contribution < -0.4 is 16.2 Å². The summed E-state index contributed by atoms with van der Waals surface area (Å²) in [6, 6.07) is 14.6. The molecule has 3 aromatic rings. The van der Waals surface area contributed by atoms with Crippen molar-refractivity contribution in [1.82, 2.24) is 4.57 Å². The van der Waals surface area contributed by atoms with Gasteiger partial charge in [0.15, 0.2) is 0 Å². The average Bonchev–Trinajstić information content (AvgIpc) is 2.60. The van der Waals surface area contributed by atoms with Gasteiger partial charge < -0.3 is 15.2 Å².